The van der Waals surface area contributed by atoms with Gasteiger partial charge in [-0.15, -0.1) is 0 Å². The number of hydrogen-bond donors (Lipinski definition) is 2. The maximum absolute atomic E-state index is 11.3. The second-order valence-electron chi connectivity index (χ2n) is 6.96. The highest BCUT2D eigenvalue weighted by Gasteiger charge is 2.19. The fourth-order valence-corrected chi connectivity index (χ4v) is 3.42. The fourth-order valence-electron chi connectivity index (χ4n) is 3.42. The Morgan fingerprint density at radius 2 is 1.96 bits per heavy atom. The summed E-state index contributed by atoms with van der Waals surface area (Å²) in [5.41, 5.74) is 4.11. The van der Waals surface area contributed by atoms with Crippen molar-refractivity contribution in [2.24, 2.45) is 0 Å². The molecule has 2 aromatic carbocycles. The van der Waals surface area contributed by atoms with Gasteiger partial charge in [0.15, 0.2) is 5.82 Å². The molecule has 7 nitrogen and oxygen atoms in total. The molecule has 0 saturated heterocycles. The molecule has 0 bridgehead atoms. The molecule has 0 aliphatic carbocycles. The van der Waals surface area contributed by atoms with E-state index in [1.807, 2.05) is 18.2 Å². The number of benzene rings is 2. The molecule has 0 aliphatic heterocycles. The van der Waals surface area contributed by atoms with Crippen LogP contribution in [-0.4, -0.2) is 43.8 Å². The third kappa shape index (κ3) is 3.05. The third-order valence-corrected chi connectivity index (χ3v) is 4.84. The monoisotopic (exact) mass is 375 g/mol. The van der Waals surface area contributed by atoms with Gasteiger partial charge in [-0.05, 0) is 51.1 Å². The molecule has 0 spiro atoms. The molecule has 0 saturated carbocycles. The lowest BCUT2D eigenvalue weighted by atomic mass is 10.1. The summed E-state index contributed by atoms with van der Waals surface area (Å²) in [4.78, 5) is 23.2. The topological polar surface area (TPSA) is 95.0 Å². The van der Waals surface area contributed by atoms with E-state index in [0.717, 1.165) is 34.5 Å². The molecule has 28 heavy (non-hydrogen) atoms. The molecular formula is C21H21N5O2. The molecule has 0 unspecified atom stereocenters. The van der Waals surface area contributed by atoms with Crippen LogP contribution in [0, 0.1) is 0 Å². The number of nitrogens with zero attached hydrogens (tertiary/aromatic N) is 4. The van der Waals surface area contributed by atoms with E-state index in [4.69, 9.17) is 9.97 Å². The van der Waals surface area contributed by atoms with Gasteiger partial charge in [-0.2, -0.15) is 5.10 Å². The summed E-state index contributed by atoms with van der Waals surface area (Å²) < 4.78 is 0. The minimum absolute atomic E-state index is 0.202. The first-order valence-electron chi connectivity index (χ1n) is 9.23. The van der Waals surface area contributed by atoms with Gasteiger partial charge in [0, 0.05) is 23.5 Å². The minimum atomic E-state index is -0.976. The van der Waals surface area contributed by atoms with E-state index in [0.29, 0.717) is 11.0 Å². The van der Waals surface area contributed by atoms with E-state index >= 15 is 0 Å². The van der Waals surface area contributed by atoms with Crippen molar-refractivity contribution in [2.75, 3.05) is 11.4 Å². The number of aromatic amines is 1. The molecule has 7 heteroatoms. The number of rotatable bonds is 5. The number of aromatic nitrogens is 4. The van der Waals surface area contributed by atoms with Crippen molar-refractivity contribution in [3.63, 3.8) is 0 Å². The van der Waals surface area contributed by atoms with Crippen LogP contribution in [0.3, 0.4) is 0 Å². The van der Waals surface area contributed by atoms with Crippen LogP contribution >= 0.6 is 0 Å². The van der Waals surface area contributed by atoms with Crippen molar-refractivity contribution >= 4 is 33.7 Å². The van der Waals surface area contributed by atoms with Crippen molar-refractivity contribution in [1.29, 1.82) is 0 Å². The Balaban J connectivity index is 1.98. The fraction of sp³-hybridized carbons (Fsp3) is 0.238. The predicted molar refractivity (Wildman–Crippen MR) is 110 cm³/mol. The lowest BCUT2D eigenvalue weighted by Crippen LogP contribution is -2.32. The van der Waals surface area contributed by atoms with Crippen molar-refractivity contribution < 1.29 is 9.90 Å². The Bertz CT molecular complexity index is 1180. The molecule has 4 aromatic rings. The van der Waals surface area contributed by atoms with E-state index in [1.54, 1.807) is 24.4 Å². The molecule has 0 amide bonds. The van der Waals surface area contributed by atoms with Gasteiger partial charge in [0.2, 0.25) is 0 Å². The molecule has 2 heterocycles. The van der Waals surface area contributed by atoms with Crippen molar-refractivity contribution in [1.82, 2.24) is 20.2 Å². The van der Waals surface area contributed by atoms with Crippen LogP contribution < -0.4 is 4.90 Å². The van der Waals surface area contributed by atoms with Gasteiger partial charge in [0.1, 0.15) is 5.69 Å². The van der Waals surface area contributed by atoms with Gasteiger partial charge in [-0.3, -0.25) is 5.10 Å². The Hall–Kier alpha value is -3.48. The zero-order valence-corrected chi connectivity index (χ0v) is 16.0. The van der Waals surface area contributed by atoms with Crippen LogP contribution in [0.4, 0.5) is 5.82 Å². The predicted octanol–water partition coefficient (Wildman–Crippen LogP) is 4.11. The second-order valence-corrected chi connectivity index (χ2v) is 6.96. The van der Waals surface area contributed by atoms with E-state index in [1.165, 1.54) is 0 Å². The molecule has 2 N–H and O–H groups in total. The van der Waals surface area contributed by atoms with Crippen LogP contribution in [0.5, 0.6) is 0 Å². The second kappa shape index (κ2) is 6.92. The smallest absolute Gasteiger partial charge is 0.335 e. The zero-order valence-electron chi connectivity index (χ0n) is 16.0. The maximum atomic E-state index is 11.3. The molecule has 2 aromatic heterocycles. The average Bonchev–Trinajstić information content (AvgIpc) is 3.15. The van der Waals surface area contributed by atoms with Crippen molar-refractivity contribution in [3.8, 4) is 11.3 Å². The number of hydrogen-bond acceptors (Lipinski definition) is 5. The first kappa shape index (κ1) is 17.9. The molecule has 4 rings (SSSR count). The Kier molecular flexibility index (Phi) is 4.43. The average molecular weight is 375 g/mol. The van der Waals surface area contributed by atoms with E-state index in [9.17, 15) is 9.90 Å². The molecule has 142 valence electrons. The van der Waals surface area contributed by atoms with Gasteiger partial charge in [-0.25, -0.2) is 14.8 Å². The Morgan fingerprint density at radius 3 is 2.68 bits per heavy atom. The molecule has 0 radical (unpaired) electrons. The largest absolute Gasteiger partial charge is 0.478 e. The Morgan fingerprint density at radius 1 is 1.14 bits per heavy atom. The number of fused-ring (bicyclic) bond motifs is 2. The SMILES string of the molecule is CCN(c1nc2cc(C(=O)O)ccc2nc1-c1ccc2[nH]ncc2c1)C(C)C. The van der Waals surface area contributed by atoms with Crippen molar-refractivity contribution in [3.05, 3.63) is 48.2 Å². The van der Waals surface area contributed by atoms with E-state index in [2.05, 4.69) is 35.9 Å². The summed E-state index contributed by atoms with van der Waals surface area (Å²) in [6.07, 6.45) is 1.78. The first-order valence-corrected chi connectivity index (χ1v) is 9.23. The zero-order chi connectivity index (χ0) is 19.8. The molecule has 0 aliphatic rings. The van der Waals surface area contributed by atoms with Crippen LogP contribution in [0.2, 0.25) is 0 Å². The summed E-state index contributed by atoms with van der Waals surface area (Å²) in [5.74, 6) is -0.230. The molecule has 0 fully saturated rings. The third-order valence-electron chi connectivity index (χ3n) is 4.84. The molecule has 0 atom stereocenters. The highest BCUT2D eigenvalue weighted by molar-refractivity contribution is 5.94. The normalized spacial score (nSPS) is 11.4. The summed E-state index contributed by atoms with van der Waals surface area (Å²) in [6.45, 7) is 7.04. The highest BCUT2D eigenvalue weighted by Crippen LogP contribution is 2.32. The summed E-state index contributed by atoms with van der Waals surface area (Å²) in [7, 11) is 0. The van der Waals surface area contributed by atoms with E-state index in [-0.39, 0.29) is 11.6 Å². The van der Waals surface area contributed by atoms with Gasteiger partial charge >= 0.3 is 5.97 Å². The quantitative estimate of drug-likeness (QED) is 0.545. The number of nitrogens with one attached hydrogen (secondary N) is 1. The number of carbonyl (C=O) groups is 1. The van der Waals surface area contributed by atoms with E-state index < -0.39 is 5.97 Å². The number of carboxylic acids is 1. The van der Waals surface area contributed by atoms with Gasteiger partial charge < -0.3 is 10.0 Å². The number of anilines is 1. The molecular weight excluding hydrogens is 354 g/mol. The number of H-pyrrole nitrogens is 1. The summed E-state index contributed by atoms with van der Waals surface area (Å²) in [5, 5.41) is 17.3. The minimum Gasteiger partial charge on any atom is -0.478 e. The van der Waals surface area contributed by atoms with Crippen LogP contribution in [0.1, 0.15) is 31.1 Å². The van der Waals surface area contributed by atoms with Crippen LogP contribution in [0.15, 0.2) is 42.6 Å². The summed E-state index contributed by atoms with van der Waals surface area (Å²) in [6, 6.07) is 11.1. The standard InChI is InChI=1S/C21H21N5O2/c1-4-26(12(2)3)20-19(13-5-7-16-15(9-13)11-22-25-16)23-17-8-6-14(21(27)28)10-18(17)24-20/h5-12H,4H2,1-3H3,(H,22,25)(H,27,28). The lowest BCUT2D eigenvalue weighted by molar-refractivity contribution is 0.0697. The van der Waals surface area contributed by atoms with Crippen LogP contribution in [-0.2, 0) is 0 Å². The van der Waals surface area contributed by atoms with Gasteiger partial charge in [0.05, 0.1) is 28.3 Å². The van der Waals surface area contributed by atoms with Gasteiger partial charge in [-0.1, -0.05) is 6.07 Å². The summed E-state index contributed by atoms with van der Waals surface area (Å²) >= 11 is 0. The number of aromatic carboxylic acids is 1. The first-order chi connectivity index (χ1) is 13.5. The van der Waals surface area contributed by atoms with Crippen molar-refractivity contribution in [2.45, 2.75) is 26.8 Å². The van der Waals surface area contributed by atoms with Crippen LogP contribution in [0.25, 0.3) is 33.2 Å². The highest BCUT2D eigenvalue weighted by atomic mass is 16.4. The Labute approximate surface area is 162 Å². The lowest BCUT2D eigenvalue weighted by Gasteiger charge is -2.28. The van der Waals surface area contributed by atoms with Gasteiger partial charge in [0.25, 0.3) is 0 Å². The maximum Gasteiger partial charge on any atom is 0.335 e. The number of carboxylic acid groups (broad SMARTS) is 1.